The number of benzene rings is 2. The van der Waals surface area contributed by atoms with Crippen LogP contribution in [0.1, 0.15) is 41.8 Å². The molecule has 0 spiro atoms. The Labute approximate surface area is 230 Å². The molecule has 0 fully saturated rings. The molecule has 0 N–H and O–H groups in total. The monoisotopic (exact) mass is 532 g/mol. The zero-order valence-corrected chi connectivity index (χ0v) is 22.7. The second kappa shape index (κ2) is 11.1. The summed E-state index contributed by atoms with van der Waals surface area (Å²) in [5, 5.41) is 0. The van der Waals surface area contributed by atoms with E-state index < -0.39 is 0 Å². The van der Waals surface area contributed by atoms with Crippen LogP contribution in [0.3, 0.4) is 0 Å². The maximum atomic E-state index is 5.49. The lowest BCUT2D eigenvalue weighted by atomic mass is 10.1. The highest BCUT2D eigenvalue weighted by Crippen LogP contribution is 2.31. The maximum absolute atomic E-state index is 5.49. The van der Waals surface area contributed by atoms with Crippen LogP contribution in [0.15, 0.2) is 48.5 Å². The van der Waals surface area contributed by atoms with Gasteiger partial charge in [0.15, 0.2) is 23.0 Å². The van der Waals surface area contributed by atoms with E-state index in [-0.39, 0.29) is 0 Å². The van der Waals surface area contributed by atoms with Crippen LogP contribution in [0.2, 0.25) is 0 Å². The third-order valence-electron chi connectivity index (χ3n) is 5.54. The van der Waals surface area contributed by atoms with Crippen molar-refractivity contribution in [3.05, 3.63) is 90.3 Å². The summed E-state index contributed by atoms with van der Waals surface area (Å²) in [5.74, 6) is 28.4. The minimum absolute atomic E-state index is 0.599. The van der Waals surface area contributed by atoms with Crippen LogP contribution in [0.4, 0.5) is 0 Å². The average Bonchev–Trinajstić information content (AvgIpc) is 3.61. The molecule has 184 valence electrons. The van der Waals surface area contributed by atoms with Crippen molar-refractivity contribution in [3.63, 3.8) is 0 Å². The van der Waals surface area contributed by atoms with Crippen molar-refractivity contribution in [1.29, 1.82) is 0 Å². The largest absolute Gasteiger partial charge is 0.493 e. The van der Waals surface area contributed by atoms with E-state index in [9.17, 15) is 0 Å². The molecule has 4 bridgehead atoms. The minimum atomic E-state index is 0.599. The summed E-state index contributed by atoms with van der Waals surface area (Å²) in [6.45, 7) is 0. The lowest BCUT2D eigenvalue weighted by Gasteiger charge is -2.09. The second-order valence-electron chi connectivity index (χ2n) is 7.83. The lowest BCUT2D eigenvalue weighted by molar-refractivity contribution is 0.355. The third kappa shape index (κ3) is 5.34. The van der Waals surface area contributed by atoms with Crippen molar-refractivity contribution in [1.82, 2.24) is 0 Å². The highest BCUT2D eigenvalue weighted by atomic mass is 32.1. The Morgan fingerprint density at radius 2 is 0.632 bits per heavy atom. The molecule has 3 heterocycles. The molecule has 4 nitrogen and oxygen atoms in total. The molecule has 2 aromatic heterocycles. The topological polar surface area (TPSA) is 36.9 Å². The van der Waals surface area contributed by atoms with Crippen LogP contribution in [0.5, 0.6) is 23.0 Å². The third-order valence-corrected chi connectivity index (χ3v) is 7.37. The van der Waals surface area contributed by atoms with Crippen LogP contribution >= 0.6 is 22.7 Å². The predicted octanol–water partition coefficient (Wildman–Crippen LogP) is 5.76. The summed E-state index contributed by atoms with van der Waals surface area (Å²) >= 11 is 3.04. The fourth-order valence-electron chi connectivity index (χ4n) is 3.63. The zero-order chi connectivity index (χ0) is 26.5. The molecule has 0 saturated heterocycles. The van der Waals surface area contributed by atoms with E-state index in [2.05, 4.69) is 47.4 Å². The molecule has 0 atom stereocenters. The van der Waals surface area contributed by atoms with Gasteiger partial charge in [-0.15, -0.1) is 22.7 Å². The van der Waals surface area contributed by atoms with Gasteiger partial charge in [0.1, 0.15) is 0 Å². The Bertz CT molecular complexity index is 1530. The average molecular weight is 533 g/mol. The fraction of sp³-hybridized carbons (Fsp3) is 0.125. The molecular weight excluding hydrogens is 512 g/mol. The molecule has 1 aliphatic rings. The molecule has 2 aromatic carbocycles. The van der Waals surface area contributed by atoms with E-state index in [1.54, 1.807) is 28.4 Å². The Balaban J connectivity index is 1.69. The normalized spacial score (nSPS) is 10.6. The standard InChI is InChI=1S/C32H20O4S2/c1-33-29-17-21-5-9-25-13-14-27(37-25)11-7-23-19-31(35-3)32(36-4)20-24(23)8-12-28-16-15-26(38-28)10-6-22(21)18-30(29)34-2/h13-20H,1-4H3. The highest BCUT2D eigenvalue weighted by molar-refractivity contribution is 7.13. The van der Waals surface area contributed by atoms with Gasteiger partial charge in [-0.3, -0.25) is 0 Å². The van der Waals surface area contributed by atoms with E-state index >= 15 is 0 Å². The van der Waals surface area contributed by atoms with Gasteiger partial charge in [-0.2, -0.15) is 0 Å². The Hall–Kier alpha value is -4.72. The maximum Gasteiger partial charge on any atom is 0.162 e. The van der Waals surface area contributed by atoms with Crippen molar-refractivity contribution in [3.8, 4) is 70.4 Å². The smallest absolute Gasteiger partial charge is 0.162 e. The first-order valence-corrected chi connectivity index (χ1v) is 13.0. The predicted molar refractivity (Wildman–Crippen MR) is 152 cm³/mol. The molecule has 0 radical (unpaired) electrons. The van der Waals surface area contributed by atoms with Gasteiger partial charge in [0.25, 0.3) is 0 Å². The van der Waals surface area contributed by atoms with Gasteiger partial charge in [-0.05, 0) is 24.3 Å². The SMILES string of the molecule is COc1cc2c(cc1OC)C#Cc1ccc(s1)C#Cc1cc(OC)c(OC)cc1C#Cc1ccc(s1)C#C2. The van der Waals surface area contributed by atoms with E-state index in [0.717, 1.165) is 41.8 Å². The molecule has 38 heavy (non-hydrogen) atoms. The van der Waals surface area contributed by atoms with Gasteiger partial charge in [0.05, 0.1) is 47.9 Å². The molecular formula is C32H20O4S2. The van der Waals surface area contributed by atoms with E-state index in [1.807, 2.05) is 48.5 Å². The Morgan fingerprint density at radius 1 is 0.395 bits per heavy atom. The molecule has 5 rings (SSSR count). The minimum Gasteiger partial charge on any atom is -0.493 e. The number of methoxy groups -OCH3 is 4. The van der Waals surface area contributed by atoms with Crippen LogP contribution in [0, 0.1) is 47.4 Å². The van der Waals surface area contributed by atoms with Crippen molar-refractivity contribution >= 4 is 22.7 Å². The van der Waals surface area contributed by atoms with Crippen LogP contribution in [-0.4, -0.2) is 28.4 Å². The molecule has 4 aromatic rings. The second-order valence-corrected chi connectivity index (χ2v) is 10.0. The number of hydrogen-bond donors (Lipinski definition) is 0. The lowest BCUT2D eigenvalue weighted by Crippen LogP contribution is -1.94. The quantitative estimate of drug-likeness (QED) is 0.276. The summed E-state index contributed by atoms with van der Waals surface area (Å²) < 4.78 is 22.0. The molecule has 0 aliphatic carbocycles. The van der Waals surface area contributed by atoms with Gasteiger partial charge in [-0.1, -0.05) is 47.4 Å². The van der Waals surface area contributed by atoms with Gasteiger partial charge in [0.2, 0.25) is 0 Å². The van der Waals surface area contributed by atoms with Crippen LogP contribution in [-0.2, 0) is 0 Å². The number of ether oxygens (including phenoxy) is 4. The first kappa shape index (κ1) is 25.0. The van der Waals surface area contributed by atoms with Gasteiger partial charge in [-0.25, -0.2) is 0 Å². The number of hydrogen-bond acceptors (Lipinski definition) is 6. The number of fused-ring (bicyclic) bond motifs is 6. The van der Waals surface area contributed by atoms with Crippen LogP contribution < -0.4 is 18.9 Å². The van der Waals surface area contributed by atoms with E-state index in [1.165, 1.54) is 22.7 Å². The summed E-state index contributed by atoms with van der Waals surface area (Å²) in [7, 11) is 6.42. The fourth-order valence-corrected chi connectivity index (χ4v) is 5.06. The van der Waals surface area contributed by atoms with Crippen molar-refractivity contribution in [2.45, 2.75) is 0 Å². The van der Waals surface area contributed by atoms with Gasteiger partial charge >= 0.3 is 0 Å². The van der Waals surface area contributed by atoms with Crippen molar-refractivity contribution in [2.24, 2.45) is 0 Å². The van der Waals surface area contributed by atoms with E-state index in [0.29, 0.717) is 23.0 Å². The summed E-state index contributed by atoms with van der Waals surface area (Å²) in [6, 6.07) is 15.3. The summed E-state index contributed by atoms with van der Waals surface area (Å²) in [6.07, 6.45) is 0. The number of rotatable bonds is 4. The molecule has 0 saturated carbocycles. The highest BCUT2D eigenvalue weighted by Gasteiger charge is 2.11. The summed E-state index contributed by atoms with van der Waals surface area (Å²) in [5.41, 5.74) is 3.01. The summed E-state index contributed by atoms with van der Waals surface area (Å²) in [4.78, 5) is 3.55. The molecule has 0 unspecified atom stereocenters. The first-order chi connectivity index (χ1) is 18.6. The molecule has 0 amide bonds. The van der Waals surface area contributed by atoms with Gasteiger partial charge in [0, 0.05) is 46.5 Å². The van der Waals surface area contributed by atoms with Crippen molar-refractivity contribution < 1.29 is 18.9 Å². The van der Waals surface area contributed by atoms with E-state index in [4.69, 9.17) is 18.9 Å². The zero-order valence-electron chi connectivity index (χ0n) is 21.1. The Kier molecular flexibility index (Phi) is 7.31. The number of thiophene rings is 2. The van der Waals surface area contributed by atoms with Crippen molar-refractivity contribution in [2.75, 3.05) is 28.4 Å². The van der Waals surface area contributed by atoms with Gasteiger partial charge < -0.3 is 18.9 Å². The molecule has 6 heteroatoms. The molecule has 1 aliphatic heterocycles. The Morgan fingerprint density at radius 3 is 0.842 bits per heavy atom. The first-order valence-electron chi connectivity index (χ1n) is 11.4. The van der Waals surface area contributed by atoms with Crippen LogP contribution in [0.25, 0.3) is 0 Å².